The van der Waals surface area contributed by atoms with Crippen LogP contribution in [0.15, 0.2) is 23.1 Å². The number of hydrogen-bond acceptors (Lipinski definition) is 4. The third-order valence-corrected chi connectivity index (χ3v) is 4.25. The van der Waals surface area contributed by atoms with Gasteiger partial charge >= 0.3 is 0 Å². The van der Waals surface area contributed by atoms with Gasteiger partial charge in [0.2, 0.25) is 0 Å². The summed E-state index contributed by atoms with van der Waals surface area (Å²) in [6.07, 6.45) is 0.974. The Labute approximate surface area is 134 Å². The van der Waals surface area contributed by atoms with Gasteiger partial charge in [-0.3, -0.25) is 4.79 Å². The Morgan fingerprint density at radius 3 is 2.67 bits per heavy atom. The second-order valence-electron chi connectivity index (χ2n) is 4.43. The third-order valence-electron chi connectivity index (χ3n) is 2.67. The Morgan fingerprint density at radius 1 is 1.43 bits per heavy atom. The lowest BCUT2D eigenvalue weighted by Crippen LogP contribution is -2.37. The van der Waals surface area contributed by atoms with Gasteiger partial charge in [-0.25, -0.2) is 8.42 Å². The van der Waals surface area contributed by atoms with E-state index in [1.54, 1.807) is 0 Å². The van der Waals surface area contributed by atoms with Crippen molar-refractivity contribution in [3.05, 3.63) is 23.2 Å². The smallest absolute Gasteiger partial charge is 0.265 e. The zero-order chi connectivity index (χ0) is 16.0. The van der Waals surface area contributed by atoms with Crippen molar-refractivity contribution < 1.29 is 17.9 Å². The Hall–Kier alpha value is -0.980. The Bertz CT molecular complexity index is 604. The quantitative estimate of drug-likeness (QED) is 0.604. The van der Waals surface area contributed by atoms with E-state index < -0.39 is 15.2 Å². The van der Waals surface area contributed by atoms with Crippen molar-refractivity contribution in [2.75, 3.05) is 6.54 Å². The molecule has 0 bridgehead atoms. The van der Waals surface area contributed by atoms with Gasteiger partial charge in [-0.15, -0.1) is 0 Å². The van der Waals surface area contributed by atoms with Crippen molar-refractivity contribution in [2.45, 2.75) is 37.7 Å². The van der Waals surface area contributed by atoms with Crippen molar-refractivity contribution >= 4 is 37.2 Å². The Morgan fingerprint density at radius 2 is 2.10 bits per heavy atom. The molecule has 1 unspecified atom stereocenters. The van der Waals surface area contributed by atoms with Crippen molar-refractivity contribution in [3.8, 4) is 5.75 Å². The van der Waals surface area contributed by atoms with Crippen LogP contribution < -0.4 is 10.1 Å². The van der Waals surface area contributed by atoms with Gasteiger partial charge in [0, 0.05) is 22.2 Å². The van der Waals surface area contributed by atoms with Gasteiger partial charge in [0.25, 0.3) is 15.0 Å². The maximum atomic E-state index is 11.8. The highest BCUT2D eigenvalue weighted by Crippen LogP contribution is 2.30. The van der Waals surface area contributed by atoms with E-state index >= 15 is 0 Å². The molecule has 0 fully saturated rings. The van der Waals surface area contributed by atoms with Crippen molar-refractivity contribution in [1.82, 2.24) is 5.32 Å². The van der Waals surface area contributed by atoms with Gasteiger partial charge in [0.1, 0.15) is 10.6 Å². The first-order chi connectivity index (χ1) is 9.75. The average molecular weight is 354 g/mol. The summed E-state index contributed by atoms with van der Waals surface area (Å²) in [5.41, 5.74) is 0. The summed E-state index contributed by atoms with van der Waals surface area (Å²) in [6.45, 7) is 4.09. The summed E-state index contributed by atoms with van der Waals surface area (Å²) in [5.74, 6) is -0.330. The number of ether oxygens (including phenoxy) is 1. The SMILES string of the molecule is CCCCNC(=O)C(C)Oc1ccc(Cl)cc1S(=O)(=O)Cl. The molecule has 0 aliphatic heterocycles. The molecule has 0 radical (unpaired) electrons. The molecule has 1 aromatic rings. The zero-order valence-electron chi connectivity index (χ0n) is 11.7. The van der Waals surface area contributed by atoms with Crippen LogP contribution in [0, 0.1) is 0 Å². The zero-order valence-corrected chi connectivity index (χ0v) is 14.1. The number of carbonyl (C=O) groups excluding carboxylic acids is 1. The molecule has 0 aliphatic rings. The van der Waals surface area contributed by atoms with E-state index in [-0.39, 0.29) is 21.6 Å². The largest absolute Gasteiger partial charge is 0.479 e. The van der Waals surface area contributed by atoms with Crippen molar-refractivity contribution in [3.63, 3.8) is 0 Å². The fourth-order valence-electron chi connectivity index (χ4n) is 1.55. The molecular formula is C13H17Cl2NO4S. The number of carbonyl (C=O) groups is 1. The molecule has 1 aromatic carbocycles. The maximum Gasteiger partial charge on any atom is 0.265 e. The lowest BCUT2D eigenvalue weighted by Gasteiger charge is -2.16. The number of amides is 1. The molecule has 5 nitrogen and oxygen atoms in total. The predicted molar refractivity (Wildman–Crippen MR) is 82.5 cm³/mol. The first-order valence-electron chi connectivity index (χ1n) is 6.44. The number of benzene rings is 1. The molecule has 1 atom stereocenters. The molecular weight excluding hydrogens is 337 g/mol. The lowest BCUT2D eigenvalue weighted by molar-refractivity contribution is -0.127. The monoisotopic (exact) mass is 353 g/mol. The van der Waals surface area contributed by atoms with Gasteiger partial charge in [0.05, 0.1) is 0 Å². The van der Waals surface area contributed by atoms with Crippen LogP contribution in [0.3, 0.4) is 0 Å². The van der Waals surface area contributed by atoms with E-state index in [1.165, 1.54) is 25.1 Å². The summed E-state index contributed by atoms with van der Waals surface area (Å²) >= 11 is 5.75. The minimum atomic E-state index is -4.02. The molecule has 1 N–H and O–H groups in total. The van der Waals surface area contributed by atoms with Crippen LogP contribution in [0.1, 0.15) is 26.7 Å². The van der Waals surface area contributed by atoms with Crippen molar-refractivity contribution in [1.29, 1.82) is 0 Å². The number of halogens is 2. The highest BCUT2D eigenvalue weighted by molar-refractivity contribution is 8.13. The Kier molecular flexibility index (Phi) is 6.77. The van der Waals surface area contributed by atoms with Crippen LogP contribution in [-0.4, -0.2) is 27.0 Å². The average Bonchev–Trinajstić information content (AvgIpc) is 2.39. The van der Waals surface area contributed by atoms with Gasteiger partial charge in [-0.2, -0.15) is 0 Å². The summed E-state index contributed by atoms with van der Waals surface area (Å²) in [4.78, 5) is 11.5. The second-order valence-corrected chi connectivity index (χ2v) is 7.40. The fraction of sp³-hybridized carbons (Fsp3) is 0.462. The number of unbranched alkanes of at least 4 members (excludes halogenated alkanes) is 1. The van der Waals surface area contributed by atoms with Crippen LogP contribution in [-0.2, 0) is 13.8 Å². The normalized spacial score (nSPS) is 12.8. The summed E-state index contributed by atoms with van der Waals surface area (Å²) < 4.78 is 28.4. The van der Waals surface area contributed by atoms with Crippen LogP contribution >= 0.6 is 22.3 Å². The molecule has 0 saturated heterocycles. The molecule has 0 aromatic heterocycles. The molecule has 0 aliphatic carbocycles. The minimum absolute atomic E-state index is 0.00691. The molecule has 0 saturated carbocycles. The van der Waals surface area contributed by atoms with Gasteiger partial charge in [0.15, 0.2) is 6.10 Å². The molecule has 1 amide bonds. The fourth-order valence-corrected chi connectivity index (χ4v) is 2.77. The van der Waals surface area contributed by atoms with E-state index in [2.05, 4.69) is 5.32 Å². The first-order valence-corrected chi connectivity index (χ1v) is 9.13. The van der Waals surface area contributed by atoms with Gasteiger partial charge < -0.3 is 10.1 Å². The summed E-state index contributed by atoms with van der Waals surface area (Å²) in [5, 5.41) is 2.91. The highest BCUT2D eigenvalue weighted by Gasteiger charge is 2.21. The molecule has 8 heteroatoms. The van der Waals surface area contributed by atoms with E-state index in [9.17, 15) is 13.2 Å². The van der Waals surface area contributed by atoms with Crippen LogP contribution in [0.5, 0.6) is 5.75 Å². The molecule has 1 rings (SSSR count). The lowest BCUT2D eigenvalue weighted by atomic mass is 10.3. The minimum Gasteiger partial charge on any atom is -0.479 e. The van der Waals surface area contributed by atoms with E-state index in [0.717, 1.165) is 12.8 Å². The highest BCUT2D eigenvalue weighted by atomic mass is 35.7. The molecule has 118 valence electrons. The van der Waals surface area contributed by atoms with E-state index in [1.807, 2.05) is 6.92 Å². The molecule has 0 heterocycles. The van der Waals surface area contributed by atoms with E-state index in [0.29, 0.717) is 6.54 Å². The van der Waals surface area contributed by atoms with E-state index in [4.69, 9.17) is 27.0 Å². The van der Waals surface area contributed by atoms with Crippen LogP contribution in [0.25, 0.3) is 0 Å². The van der Waals surface area contributed by atoms with Gasteiger partial charge in [-0.05, 0) is 31.5 Å². The number of nitrogens with one attached hydrogen (secondary N) is 1. The number of rotatable bonds is 7. The number of hydrogen-bond donors (Lipinski definition) is 1. The standard InChI is InChI=1S/C13H17Cl2NO4S/c1-3-4-7-16-13(17)9(2)20-11-6-5-10(14)8-12(11)21(15,18)19/h5-6,8-9H,3-4,7H2,1-2H3,(H,16,17). The third kappa shape index (κ3) is 5.73. The summed E-state index contributed by atoms with van der Waals surface area (Å²) in [7, 11) is 1.32. The summed E-state index contributed by atoms with van der Waals surface area (Å²) in [6, 6.07) is 4.01. The Balaban J connectivity index is 2.85. The molecule has 21 heavy (non-hydrogen) atoms. The predicted octanol–water partition coefficient (Wildman–Crippen LogP) is 2.95. The molecule has 0 spiro atoms. The van der Waals surface area contributed by atoms with Gasteiger partial charge in [-0.1, -0.05) is 24.9 Å². The van der Waals surface area contributed by atoms with Crippen LogP contribution in [0.2, 0.25) is 5.02 Å². The second kappa shape index (κ2) is 7.87. The van der Waals surface area contributed by atoms with Crippen LogP contribution in [0.4, 0.5) is 0 Å². The van der Waals surface area contributed by atoms with Crippen molar-refractivity contribution in [2.24, 2.45) is 0 Å². The maximum absolute atomic E-state index is 11.8. The first kappa shape index (κ1) is 18.1. The topological polar surface area (TPSA) is 72.5 Å².